The molecule has 3 aromatic carbocycles. The monoisotopic (exact) mass is 580 g/mol. The maximum Gasteiger partial charge on any atom is 0.253 e. The van der Waals surface area contributed by atoms with E-state index >= 15 is 0 Å². The first-order valence-corrected chi connectivity index (χ1v) is 12.6. The molecule has 1 aromatic heterocycles. The molecule has 1 N–H and O–H groups in total. The minimum absolute atomic E-state index is 0.139. The van der Waals surface area contributed by atoms with E-state index in [1.807, 2.05) is 47.0 Å². The molecule has 0 unspecified atom stereocenters. The molecule has 0 atom stereocenters. The third-order valence-corrected chi connectivity index (χ3v) is 6.96. The molecule has 0 radical (unpaired) electrons. The van der Waals surface area contributed by atoms with Crippen molar-refractivity contribution in [2.75, 3.05) is 0 Å². The van der Waals surface area contributed by atoms with Gasteiger partial charge < -0.3 is 5.32 Å². The van der Waals surface area contributed by atoms with Crippen molar-refractivity contribution >= 4 is 68.4 Å². The van der Waals surface area contributed by atoms with Crippen molar-refractivity contribution in [3.05, 3.63) is 103 Å². The second kappa shape index (κ2) is 10.9. The van der Waals surface area contributed by atoms with Crippen molar-refractivity contribution in [1.82, 2.24) is 20.1 Å². The van der Waals surface area contributed by atoms with E-state index in [0.29, 0.717) is 37.4 Å². The van der Waals surface area contributed by atoms with Crippen LogP contribution in [0.25, 0.3) is 5.69 Å². The lowest BCUT2D eigenvalue weighted by molar-refractivity contribution is 0.0950. The average molecular weight is 583 g/mol. The Morgan fingerprint density at radius 3 is 2.48 bits per heavy atom. The van der Waals surface area contributed by atoms with E-state index in [1.54, 1.807) is 30.0 Å². The van der Waals surface area contributed by atoms with Crippen LogP contribution in [0.1, 0.15) is 21.7 Å². The first-order chi connectivity index (χ1) is 15.9. The molecule has 1 heterocycles. The Balaban J connectivity index is 1.58. The predicted octanol–water partition coefficient (Wildman–Crippen LogP) is 7.21. The highest BCUT2D eigenvalue weighted by Gasteiger charge is 2.17. The first-order valence-electron chi connectivity index (χ1n) is 9.71. The molecule has 168 valence electrons. The topological polar surface area (TPSA) is 59.8 Å². The molecular formula is C23H16BrCl3N4OS. The normalized spacial score (nSPS) is 10.9. The van der Waals surface area contributed by atoms with Crippen molar-refractivity contribution < 1.29 is 4.79 Å². The quantitative estimate of drug-likeness (QED) is 0.234. The number of hydrogen-bond acceptors (Lipinski definition) is 4. The van der Waals surface area contributed by atoms with E-state index < -0.39 is 0 Å². The number of carbonyl (C=O) groups is 1. The zero-order valence-corrected chi connectivity index (χ0v) is 21.6. The molecule has 1 amide bonds. The SMILES string of the molecule is O=C(NCc1nnc(SCc2ccc(Br)cc2)n1-c1cccc(Cl)c1)c1cc(Cl)ccc1Cl. The Hall–Kier alpha value is -2.03. The van der Waals surface area contributed by atoms with Crippen LogP contribution in [0, 0.1) is 0 Å². The minimum Gasteiger partial charge on any atom is -0.345 e. The van der Waals surface area contributed by atoms with Crippen LogP contribution in [-0.4, -0.2) is 20.7 Å². The molecule has 0 aliphatic heterocycles. The van der Waals surface area contributed by atoms with Gasteiger partial charge in [-0.25, -0.2) is 0 Å². The molecule has 4 aromatic rings. The van der Waals surface area contributed by atoms with Gasteiger partial charge in [0, 0.05) is 20.3 Å². The number of aromatic nitrogens is 3. The number of carbonyl (C=O) groups excluding carboxylic acids is 1. The zero-order chi connectivity index (χ0) is 23.4. The third-order valence-electron chi connectivity index (χ3n) is 4.63. The summed E-state index contributed by atoms with van der Waals surface area (Å²) in [6.07, 6.45) is 0. The van der Waals surface area contributed by atoms with Gasteiger partial charge in [0.15, 0.2) is 11.0 Å². The van der Waals surface area contributed by atoms with Crippen LogP contribution >= 0.6 is 62.5 Å². The number of rotatable bonds is 7. The van der Waals surface area contributed by atoms with Crippen LogP contribution < -0.4 is 5.32 Å². The van der Waals surface area contributed by atoms with Gasteiger partial charge in [-0.3, -0.25) is 9.36 Å². The molecule has 0 saturated heterocycles. The number of nitrogens with one attached hydrogen (secondary N) is 1. The smallest absolute Gasteiger partial charge is 0.253 e. The van der Waals surface area contributed by atoms with Crippen LogP contribution in [0.2, 0.25) is 15.1 Å². The Labute approximate surface area is 218 Å². The van der Waals surface area contributed by atoms with Crippen molar-refractivity contribution in [3.63, 3.8) is 0 Å². The van der Waals surface area contributed by atoms with Crippen LogP contribution in [0.15, 0.2) is 76.4 Å². The van der Waals surface area contributed by atoms with E-state index in [1.165, 1.54) is 6.07 Å². The van der Waals surface area contributed by atoms with Gasteiger partial charge in [0.25, 0.3) is 5.91 Å². The molecular weight excluding hydrogens is 567 g/mol. The van der Waals surface area contributed by atoms with Gasteiger partial charge in [0.2, 0.25) is 0 Å². The van der Waals surface area contributed by atoms with Crippen molar-refractivity contribution in [1.29, 1.82) is 0 Å². The summed E-state index contributed by atoms with van der Waals surface area (Å²) in [6.45, 7) is 0.139. The number of amides is 1. The highest BCUT2D eigenvalue weighted by molar-refractivity contribution is 9.10. The molecule has 0 bridgehead atoms. The van der Waals surface area contributed by atoms with Gasteiger partial charge in [-0.2, -0.15) is 0 Å². The molecule has 0 aliphatic carbocycles. The summed E-state index contributed by atoms with van der Waals surface area (Å²) >= 11 is 23.4. The molecule has 4 rings (SSSR count). The largest absolute Gasteiger partial charge is 0.345 e. The summed E-state index contributed by atoms with van der Waals surface area (Å²) < 4.78 is 2.91. The summed E-state index contributed by atoms with van der Waals surface area (Å²) in [7, 11) is 0. The molecule has 33 heavy (non-hydrogen) atoms. The van der Waals surface area contributed by atoms with Crippen LogP contribution in [0.4, 0.5) is 0 Å². The second-order valence-corrected chi connectivity index (χ2v) is 10.1. The lowest BCUT2D eigenvalue weighted by Crippen LogP contribution is -2.25. The molecule has 10 heteroatoms. The second-order valence-electron chi connectivity index (χ2n) is 6.94. The van der Waals surface area contributed by atoms with E-state index in [-0.39, 0.29) is 12.5 Å². The molecule has 0 spiro atoms. The molecule has 0 aliphatic rings. The van der Waals surface area contributed by atoms with Crippen LogP contribution in [0.5, 0.6) is 0 Å². The summed E-state index contributed by atoms with van der Waals surface area (Å²) in [4.78, 5) is 12.7. The standard InChI is InChI=1S/C23H16BrCl3N4OS/c24-15-6-4-14(5-7-15)13-33-23-30-29-21(31(23)18-3-1-2-16(25)10-18)12-28-22(32)19-11-17(26)8-9-20(19)27/h1-11H,12-13H2,(H,28,32). The van der Waals surface area contributed by atoms with E-state index in [4.69, 9.17) is 34.8 Å². The van der Waals surface area contributed by atoms with E-state index in [2.05, 4.69) is 31.4 Å². The van der Waals surface area contributed by atoms with E-state index in [9.17, 15) is 4.79 Å². The van der Waals surface area contributed by atoms with Gasteiger partial charge in [0.05, 0.1) is 22.8 Å². The van der Waals surface area contributed by atoms with Gasteiger partial charge in [0.1, 0.15) is 0 Å². The van der Waals surface area contributed by atoms with E-state index in [0.717, 1.165) is 15.7 Å². The average Bonchev–Trinajstić information content (AvgIpc) is 3.21. The number of halogens is 4. The molecule has 0 fully saturated rings. The molecule has 5 nitrogen and oxygen atoms in total. The fourth-order valence-corrected chi connectivity index (χ4v) is 4.79. The van der Waals surface area contributed by atoms with Gasteiger partial charge in [-0.05, 0) is 54.1 Å². The molecule has 0 saturated carbocycles. The number of hydrogen-bond donors (Lipinski definition) is 1. The predicted molar refractivity (Wildman–Crippen MR) is 138 cm³/mol. The van der Waals surface area contributed by atoms with Crippen molar-refractivity contribution in [2.45, 2.75) is 17.5 Å². The summed E-state index contributed by atoms with van der Waals surface area (Å²) in [5, 5.41) is 13.6. The van der Waals surface area contributed by atoms with Crippen molar-refractivity contribution in [2.24, 2.45) is 0 Å². The lowest BCUT2D eigenvalue weighted by Gasteiger charge is -2.12. The summed E-state index contributed by atoms with van der Waals surface area (Å²) in [5.74, 6) is 0.908. The Bertz CT molecular complexity index is 1300. The summed E-state index contributed by atoms with van der Waals surface area (Å²) in [6, 6.07) is 20.2. The minimum atomic E-state index is -0.354. The van der Waals surface area contributed by atoms with Gasteiger partial charge in [-0.15, -0.1) is 10.2 Å². The summed E-state index contributed by atoms with van der Waals surface area (Å²) in [5.41, 5.74) is 2.24. The van der Waals surface area contributed by atoms with Crippen LogP contribution in [-0.2, 0) is 12.3 Å². The number of benzene rings is 3. The highest BCUT2D eigenvalue weighted by Crippen LogP contribution is 2.27. The Kier molecular flexibility index (Phi) is 7.98. The van der Waals surface area contributed by atoms with Gasteiger partial charge >= 0.3 is 0 Å². The van der Waals surface area contributed by atoms with Crippen LogP contribution in [0.3, 0.4) is 0 Å². The maximum atomic E-state index is 12.7. The maximum absolute atomic E-state index is 12.7. The Morgan fingerprint density at radius 1 is 0.970 bits per heavy atom. The highest BCUT2D eigenvalue weighted by atomic mass is 79.9. The number of nitrogens with zero attached hydrogens (tertiary/aromatic N) is 3. The fraction of sp³-hybridized carbons (Fsp3) is 0.0870. The Morgan fingerprint density at radius 2 is 1.73 bits per heavy atom. The van der Waals surface area contributed by atoms with Gasteiger partial charge in [-0.1, -0.05) is 80.7 Å². The van der Waals surface area contributed by atoms with Crippen molar-refractivity contribution in [3.8, 4) is 5.69 Å². The zero-order valence-electron chi connectivity index (χ0n) is 16.9. The lowest BCUT2D eigenvalue weighted by atomic mass is 10.2. The fourth-order valence-electron chi connectivity index (χ4n) is 3.04. The number of thioether (sulfide) groups is 1. The first kappa shape index (κ1) is 24.1. The third kappa shape index (κ3) is 6.11.